The molecular weight excluding hydrogens is 228 g/mol. The number of nitrogens with zero attached hydrogens (tertiary/aromatic N) is 1. The molecule has 0 spiro atoms. The van der Waals surface area contributed by atoms with E-state index in [0.29, 0.717) is 5.92 Å². The molecule has 0 saturated carbocycles. The van der Waals surface area contributed by atoms with Gasteiger partial charge < -0.3 is 14.3 Å². The minimum absolute atomic E-state index is 0.646. The molecule has 2 aromatic rings. The summed E-state index contributed by atoms with van der Waals surface area (Å²) in [7, 11) is 0. The summed E-state index contributed by atoms with van der Waals surface area (Å²) < 4.78 is 10.9. The van der Waals surface area contributed by atoms with Crippen LogP contribution < -0.4 is 5.32 Å². The molecule has 0 unspecified atom stereocenters. The summed E-state index contributed by atoms with van der Waals surface area (Å²) in [6.07, 6.45) is 3.62. The van der Waals surface area contributed by atoms with E-state index in [1.165, 1.54) is 5.56 Å². The predicted molar refractivity (Wildman–Crippen MR) is 68.2 cm³/mol. The Morgan fingerprint density at radius 2 is 2.28 bits per heavy atom. The number of hydrogen-bond donors (Lipinski definition) is 1. The molecule has 0 fully saturated rings. The molecule has 1 aliphatic rings. The van der Waals surface area contributed by atoms with E-state index in [-0.39, 0.29) is 0 Å². The van der Waals surface area contributed by atoms with Crippen LogP contribution >= 0.6 is 0 Å². The Bertz CT molecular complexity index is 540. The lowest BCUT2D eigenvalue weighted by atomic mass is 9.95. The van der Waals surface area contributed by atoms with Crippen LogP contribution in [0.2, 0.25) is 0 Å². The van der Waals surface area contributed by atoms with Crippen LogP contribution in [0.25, 0.3) is 11.3 Å². The number of furan rings is 1. The average Bonchev–Trinajstić information content (AvgIpc) is 2.93. The summed E-state index contributed by atoms with van der Waals surface area (Å²) in [5.74, 6) is 2.56. The zero-order valence-corrected chi connectivity index (χ0v) is 10.8. The number of rotatable bonds is 4. The Kier molecular flexibility index (Phi) is 2.96. The van der Waals surface area contributed by atoms with Crippen molar-refractivity contribution in [2.45, 2.75) is 33.2 Å². The molecule has 18 heavy (non-hydrogen) atoms. The highest BCUT2D eigenvalue weighted by atomic mass is 16.5. The van der Waals surface area contributed by atoms with Gasteiger partial charge in [-0.15, -0.1) is 0 Å². The summed E-state index contributed by atoms with van der Waals surface area (Å²) in [5, 5.41) is 7.60. The monoisotopic (exact) mass is 246 g/mol. The molecule has 0 saturated heterocycles. The lowest BCUT2D eigenvalue weighted by molar-refractivity contribution is 0.415. The van der Waals surface area contributed by atoms with E-state index in [9.17, 15) is 0 Å². The molecule has 3 rings (SSSR count). The van der Waals surface area contributed by atoms with Crippen molar-refractivity contribution in [3.8, 4) is 11.3 Å². The topological polar surface area (TPSA) is 51.2 Å². The van der Waals surface area contributed by atoms with Crippen LogP contribution in [-0.4, -0.2) is 11.7 Å². The normalized spacial score (nSPS) is 13.7. The van der Waals surface area contributed by atoms with Crippen molar-refractivity contribution in [2.75, 3.05) is 6.54 Å². The fourth-order valence-electron chi connectivity index (χ4n) is 2.40. The second kappa shape index (κ2) is 4.61. The van der Waals surface area contributed by atoms with E-state index >= 15 is 0 Å². The van der Waals surface area contributed by atoms with Gasteiger partial charge in [-0.3, -0.25) is 0 Å². The molecule has 0 aromatic carbocycles. The quantitative estimate of drug-likeness (QED) is 0.901. The fourth-order valence-corrected chi connectivity index (χ4v) is 2.40. The summed E-state index contributed by atoms with van der Waals surface area (Å²) >= 11 is 0. The maximum absolute atomic E-state index is 5.48. The van der Waals surface area contributed by atoms with E-state index < -0.39 is 0 Å². The van der Waals surface area contributed by atoms with Gasteiger partial charge in [-0.2, -0.15) is 0 Å². The molecule has 96 valence electrons. The molecule has 1 N–H and O–H groups in total. The first-order valence-electron chi connectivity index (χ1n) is 6.50. The van der Waals surface area contributed by atoms with Crippen molar-refractivity contribution in [1.82, 2.24) is 10.5 Å². The zero-order valence-electron chi connectivity index (χ0n) is 10.8. The molecule has 0 atom stereocenters. The van der Waals surface area contributed by atoms with Gasteiger partial charge >= 0.3 is 0 Å². The SMILES string of the molecule is CC(C)CNCc1noc2c1CCc1occc1-2. The molecule has 0 aliphatic heterocycles. The number of nitrogens with one attached hydrogen (secondary N) is 1. The van der Waals surface area contributed by atoms with Crippen LogP contribution in [0.5, 0.6) is 0 Å². The second-order valence-electron chi connectivity index (χ2n) is 5.22. The van der Waals surface area contributed by atoms with Gasteiger partial charge in [0.05, 0.1) is 11.8 Å². The van der Waals surface area contributed by atoms with Gasteiger partial charge in [-0.05, 0) is 24.9 Å². The molecule has 0 bridgehead atoms. The van der Waals surface area contributed by atoms with Crippen molar-refractivity contribution >= 4 is 0 Å². The largest absolute Gasteiger partial charge is 0.469 e. The van der Waals surface area contributed by atoms with Crippen LogP contribution in [-0.2, 0) is 19.4 Å². The van der Waals surface area contributed by atoms with E-state index in [0.717, 1.165) is 48.7 Å². The molecule has 4 heteroatoms. The molecule has 1 aliphatic carbocycles. The van der Waals surface area contributed by atoms with Crippen LogP contribution in [0, 0.1) is 5.92 Å². The van der Waals surface area contributed by atoms with Crippen molar-refractivity contribution in [3.63, 3.8) is 0 Å². The van der Waals surface area contributed by atoms with Gasteiger partial charge in [0.15, 0.2) is 5.76 Å². The standard InChI is InChI=1S/C14H18N2O2/c1-9(2)7-15-8-12-10-3-4-13-11(5-6-17-13)14(10)18-16-12/h5-6,9,15H,3-4,7-8H2,1-2H3. The van der Waals surface area contributed by atoms with Crippen molar-refractivity contribution in [2.24, 2.45) is 5.92 Å². The van der Waals surface area contributed by atoms with E-state index in [2.05, 4.69) is 24.3 Å². The highest BCUT2D eigenvalue weighted by Crippen LogP contribution is 2.35. The average molecular weight is 246 g/mol. The second-order valence-corrected chi connectivity index (χ2v) is 5.22. The van der Waals surface area contributed by atoms with Gasteiger partial charge in [-0.1, -0.05) is 19.0 Å². The van der Waals surface area contributed by atoms with E-state index in [4.69, 9.17) is 8.94 Å². The molecule has 2 heterocycles. The molecule has 0 amide bonds. The lowest BCUT2D eigenvalue weighted by Gasteiger charge is -2.10. The van der Waals surface area contributed by atoms with Gasteiger partial charge in [-0.25, -0.2) is 0 Å². The van der Waals surface area contributed by atoms with Crippen LogP contribution in [0.4, 0.5) is 0 Å². The first-order valence-corrected chi connectivity index (χ1v) is 6.50. The highest BCUT2D eigenvalue weighted by molar-refractivity contribution is 5.66. The van der Waals surface area contributed by atoms with Crippen LogP contribution in [0.3, 0.4) is 0 Å². The number of aryl methyl sites for hydroxylation is 1. The third kappa shape index (κ3) is 1.97. The highest BCUT2D eigenvalue weighted by Gasteiger charge is 2.25. The first kappa shape index (κ1) is 11.5. The van der Waals surface area contributed by atoms with E-state index in [1.54, 1.807) is 6.26 Å². The number of hydrogen-bond acceptors (Lipinski definition) is 4. The Balaban J connectivity index is 1.80. The minimum atomic E-state index is 0.646. The predicted octanol–water partition coefficient (Wildman–Crippen LogP) is 2.78. The van der Waals surface area contributed by atoms with E-state index in [1.807, 2.05) is 6.07 Å². The number of aromatic nitrogens is 1. The van der Waals surface area contributed by atoms with Crippen molar-refractivity contribution < 1.29 is 8.94 Å². The summed E-state index contributed by atoms with van der Waals surface area (Å²) in [4.78, 5) is 0. The third-order valence-corrected chi connectivity index (χ3v) is 3.31. The first-order chi connectivity index (χ1) is 8.75. The Labute approximate surface area is 106 Å². The Morgan fingerprint density at radius 3 is 3.11 bits per heavy atom. The zero-order chi connectivity index (χ0) is 12.5. The Hall–Kier alpha value is -1.55. The van der Waals surface area contributed by atoms with Crippen molar-refractivity contribution in [3.05, 3.63) is 29.3 Å². The van der Waals surface area contributed by atoms with Crippen LogP contribution in [0.1, 0.15) is 30.9 Å². The smallest absolute Gasteiger partial charge is 0.173 e. The maximum Gasteiger partial charge on any atom is 0.173 e. The third-order valence-electron chi connectivity index (χ3n) is 3.31. The van der Waals surface area contributed by atoms with Gasteiger partial charge in [0.1, 0.15) is 11.5 Å². The van der Waals surface area contributed by atoms with Crippen molar-refractivity contribution in [1.29, 1.82) is 0 Å². The molecule has 0 radical (unpaired) electrons. The maximum atomic E-state index is 5.48. The van der Waals surface area contributed by atoms with Gasteiger partial charge in [0, 0.05) is 18.5 Å². The summed E-state index contributed by atoms with van der Waals surface area (Å²) in [5.41, 5.74) is 3.34. The number of fused-ring (bicyclic) bond motifs is 3. The van der Waals surface area contributed by atoms with Crippen LogP contribution in [0.15, 0.2) is 21.3 Å². The molecule has 4 nitrogen and oxygen atoms in total. The van der Waals surface area contributed by atoms with Gasteiger partial charge in [0.25, 0.3) is 0 Å². The Morgan fingerprint density at radius 1 is 1.39 bits per heavy atom. The fraction of sp³-hybridized carbons (Fsp3) is 0.500. The summed E-state index contributed by atoms with van der Waals surface area (Å²) in [6, 6.07) is 1.96. The molecular formula is C14H18N2O2. The summed E-state index contributed by atoms with van der Waals surface area (Å²) in [6.45, 7) is 6.18. The minimum Gasteiger partial charge on any atom is -0.469 e. The molecule has 2 aromatic heterocycles. The van der Waals surface area contributed by atoms with Gasteiger partial charge in [0.2, 0.25) is 0 Å². The lowest BCUT2D eigenvalue weighted by Crippen LogP contribution is -2.20.